The number of nitrogens with zero attached hydrogens (tertiary/aromatic N) is 2. The van der Waals surface area contributed by atoms with Crippen LogP contribution in [0.2, 0.25) is 9.36 Å². The molecule has 1 aromatic heterocycles. The minimum Gasteiger partial charge on any atom is -0.349 e. The van der Waals surface area contributed by atoms with Gasteiger partial charge >= 0.3 is 0 Å². The highest BCUT2D eigenvalue weighted by Gasteiger charge is 2.35. The van der Waals surface area contributed by atoms with Gasteiger partial charge in [0, 0.05) is 32.6 Å². The number of carbonyl (C=O) groups is 3. The summed E-state index contributed by atoms with van der Waals surface area (Å²) < 4.78 is 44.4. The topological polar surface area (TPSA) is 116 Å². The molecule has 2 aromatic carbocycles. The lowest BCUT2D eigenvalue weighted by molar-refractivity contribution is -0.133. The molecule has 3 heterocycles. The predicted molar refractivity (Wildman–Crippen MR) is 149 cm³/mol. The maximum Gasteiger partial charge on any atom is 0.261 e. The van der Waals surface area contributed by atoms with E-state index < -0.39 is 45.1 Å². The zero-order valence-corrected chi connectivity index (χ0v) is 24.0. The summed E-state index contributed by atoms with van der Waals surface area (Å²) in [4.78, 5) is 40.9. The molecule has 3 aromatic rings. The number of hydrogen-bond acceptors (Lipinski definition) is 6. The molecule has 210 valence electrons. The van der Waals surface area contributed by atoms with Gasteiger partial charge in [0.2, 0.25) is 21.8 Å². The minimum absolute atomic E-state index is 0.0645. The number of hydrogen-bond donors (Lipinski definition) is 2. The molecule has 0 spiro atoms. The van der Waals surface area contributed by atoms with E-state index in [4.69, 9.17) is 23.2 Å². The average Bonchev–Trinajstić information content (AvgIpc) is 3.66. The van der Waals surface area contributed by atoms with Crippen molar-refractivity contribution in [2.45, 2.75) is 36.9 Å². The molecule has 5 rings (SSSR count). The highest BCUT2D eigenvalue weighted by Crippen LogP contribution is 2.36. The van der Waals surface area contributed by atoms with Crippen LogP contribution in [0.5, 0.6) is 0 Å². The van der Waals surface area contributed by atoms with E-state index in [1.807, 2.05) is 24.3 Å². The summed E-state index contributed by atoms with van der Waals surface area (Å²) in [6, 6.07) is 10.8. The Bertz CT molecular complexity index is 1590. The molecule has 0 aliphatic carbocycles. The molecule has 40 heavy (non-hydrogen) atoms. The first-order valence-corrected chi connectivity index (χ1v) is 15.3. The third-order valence-corrected chi connectivity index (χ3v) is 9.89. The van der Waals surface area contributed by atoms with E-state index in [2.05, 4.69) is 10.0 Å². The SMILES string of the molecule is O=C(NC[C@H](NS(=O)(=O)c1cc(F)cc(N2CCCC2=O)c1Cl)C(=O)N1Cc2ccccc2C1)c1ccc(Cl)s1. The van der Waals surface area contributed by atoms with Crippen molar-refractivity contribution in [1.29, 1.82) is 0 Å². The summed E-state index contributed by atoms with van der Waals surface area (Å²) in [7, 11) is -4.61. The fourth-order valence-electron chi connectivity index (χ4n) is 4.70. The zero-order chi connectivity index (χ0) is 28.6. The number of amides is 3. The summed E-state index contributed by atoms with van der Waals surface area (Å²) in [5, 5.41) is 2.23. The monoisotopic (exact) mass is 624 g/mol. The lowest BCUT2D eigenvalue weighted by Crippen LogP contribution is -2.52. The third kappa shape index (κ3) is 5.86. The minimum atomic E-state index is -4.61. The molecule has 0 unspecified atom stereocenters. The Labute approximate surface area is 243 Å². The number of halogens is 3. The van der Waals surface area contributed by atoms with Gasteiger partial charge in [0.1, 0.15) is 16.8 Å². The summed E-state index contributed by atoms with van der Waals surface area (Å²) in [5.74, 6) is -2.36. The Morgan fingerprint density at radius 1 is 1.07 bits per heavy atom. The second-order valence-electron chi connectivity index (χ2n) is 9.34. The number of nitrogens with one attached hydrogen (secondary N) is 2. The van der Waals surface area contributed by atoms with Crippen LogP contribution in [-0.4, -0.2) is 50.2 Å². The Kier molecular flexibility index (Phi) is 8.16. The van der Waals surface area contributed by atoms with E-state index in [0.717, 1.165) is 34.6 Å². The zero-order valence-electron chi connectivity index (χ0n) is 20.8. The van der Waals surface area contributed by atoms with Gasteiger partial charge in [-0.25, -0.2) is 12.8 Å². The average molecular weight is 626 g/mol. The van der Waals surface area contributed by atoms with Crippen molar-refractivity contribution in [2.75, 3.05) is 18.0 Å². The number of thiophene rings is 1. The first-order valence-electron chi connectivity index (χ1n) is 12.2. The van der Waals surface area contributed by atoms with Crippen molar-refractivity contribution in [2.24, 2.45) is 0 Å². The van der Waals surface area contributed by atoms with E-state index in [9.17, 15) is 27.2 Å². The lowest BCUT2D eigenvalue weighted by Gasteiger charge is -2.25. The molecule has 14 heteroatoms. The standard InChI is InChI=1S/C26H23Cl2FN4O5S2/c27-22-8-7-20(39-22)25(35)30-12-18(26(36)32-13-15-4-1-2-5-16(15)14-32)31-40(37,38)21-11-17(29)10-19(24(21)28)33-9-3-6-23(33)34/h1-2,4-5,7-8,10-11,18,31H,3,6,9,12-14H2,(H,30,35)/t18-/m0/s1. The number of sulfonamides is 1. The fraction of sp³-hybridized carbons (Fsp3) is 0.269. The van der Waals surface area contributed by atoms with E-state index in [-0.39, 0.29) is 47.5 Å². The van der Waals surface area contributed by atoms with E-state index in [0.29, 0.717) is 10.8 Å². The molecule has 2 aliphatic rings. The van der Waals surface area contributed by atoms with Crippen molar-refractivity contribution in [3.05, 3.63) is 79.7 Å². The first-order chi connectivity index (χ1) is 19.0. The van der Waals surface area contributed by atoms with E-state index in [1.54, 1.807) is 6.07 Å². The van der Waals surface area contributed by atoms with Gasteiger partial charge in [0.25, 0.3) is 5.91 Å². The molecular formula is C26H23Cl2FN4O5S2. The summed E-state index contributed by atoms with van der Waals surface area (Å²) >= 11 is 13.4. The van der Waals surface area contributed by atoms with Crippen LogP contribution in [0.3, 0.4) is 0 Å². The van der Waals surface area contributed by atoms with Crippen LogP contribution in [0.25, 0.3) is 0 Å². The number of carbonyl (C=O) groups excluding carboxylic acids is 3. The van der Waals surface area contributed by atoms with Crippen molar-refractivity contribution < 1.29 is 27.2 Å². The molecule has 1 atom stereocenters. The highest BCUT2D eigenvalue weighted by atomic mass is 35.5. The van der Waals surface area contributed by atoms with Gasteiger partial charge in [0.15, 0.2) is 0 Å². The quantitative estimate of drug-likeness (QED) is 0.394. The molecule has 2 aliphatic heterocycles. The predicted octanol–water partition coefficient (Wildman–Crippen LogP) is 3.94. The number of rotatable bonds is 8. The van der Waals surface area contributed by atoms with Crippen LogP contribution in [-0.2, 0) is 32.7 Å². The Balaban J connectivity index is 1.43. The number of benzene rings is 2. The van der Waals surface area contributed by atoms with E-state index >= 15 is 0 Å². The van der Waals surface area contributed by atoms with Gasteiger partial charge < -0.3 is 15.1 Å². The van der Waals surface area contributed by atoms with Gasteiger partial charge in [-0.3, -0.25) is 14.4 Å². The van der Waals surface area contributed by atoms with Crippen molar-refractivity contribution >= 4 is 68.0 Å². The maximum atomic E-state index is 14.6. The van der Waals surface area contributed by atoms with Crippen LogP contribution < -0.4 is 14.9 Å². The molecule has 2 N–H and O–H groups in total. The van der Waals surface area contributed by atoms with E-state index in [1.165, 1.54) is 15.9 Å². The fourth-order valence-corrected chi connectivity index (χ4v) is 7.47. The normalized spacial score (nSPS) is 15.8. The van der Waals surface area contributed by atoms with Gasteiger partial charge in [-0.2, -0.15) is 4.72 Å². The smallest absolute Gasteiger partial charge is 0.261 e. The molecule has 9 nitrogen and oxygen atoms in total. The molecule has 3 amide bonds. The van der Waals surface area contributed by atoms with Crippen LogP contribution in [0.4, 0.5) is 10.1 Å². The van der Waals surface area contributed by atoms with Gasteiger partial charge in [-0.1, -0.05) is 47.5 Å². The van der Waals surface area contributed by atoms with Crippen molar-refractivity contribution in [3.63, 3.8) is 0 Å². The summed E-state index contributed by atoms with van der Waals surface area (Å²) in [5.41, 5.74) is 1.77. The highest BCUT2D eigenvalue weighted by molar-refractivity contribution is 7.89. The summed E-state index contributed by atoms with van der Waals surface area (Å²) in [6.07, 6.45) is 0.757. The Morgan fingerprint density at radius 2 is 1.77 bits per heavy atom. The molecule has 1 fully saturated rings. The lowest BCUT2D eigenvalue weighted by atomic mass is 10.1. The first kappa shape index (κ1) is 28.5. The third-order valence-electron chi connectivity index (χ3n) is 6.65. The van der Waals surface area contributed by atoms with Crippen molar-refractivity contribution in [1.82, 2.24) is 14.9 Å². The molecule has 0 bridgehead atoms. The van der Waals surface area contributed by atoms with Crippen LogP contribution in [0.1, 0.15) is 33.6 Å². The Morgan fingerprint density at radius 3 is 2.38 bits per heavy atom. The largest absolute Gasteiger partial charge is 0.349 e. The second kappa shape index (κ2) is 11.5. The molecular weight excluding hydrogens is 602 g/mol. The maximum absolute atomic E-state index is 14.6. The Hall–Kier alpha value is -3.03. The van der Waals surface area contributed by atoms with Crippen LogP contribution in [0, 0.1) is 5.82 Å². The van der Waals surface area contributed by atoms with Gasteiger partial charge in [0.05, 0.1) is 19.9 Å². The summed E-state index contributed by atoms with van der Waals surface area (Å²) in [6.45, 7) is 0.376. The van der Waals surface area contributed by atoms with Crippen LogP contribution >= 0.6 is 34.5 Å². The second-order valence-corrected chi connectivity index (χ2v) is 13.1. The molecule has 0 radical (unpaired) electrons. The van der Waals surface area contributed by atoms with Crippen molar-refractivity contribution in [3.8, 4) is 0 Å². The molecule has 0 saturated carbocycles. The van der Waals surface area contributed by atoms with Crippen LogP contribution in [0.15, 0.2) is 53.4 Å². The van der Waals surface area contributed by atoms with Gasteiger partial charge in [-0.15, -0.1) is 11.3 Å². The number of anilines is 1. The number of fused-ring (bicyclic) bond motifs is 1. The van der Waals surface area contributed by atoms with Gasteiger partial charge in [-0.05, 0) is 41.8 Å². The molecule has 1 saturated heterocycles.